The van der Waals surface area contributed by atoms with Crippen molar-refractivity contribution in [3.63, 3.8) is 0 Å². The Labute approximate surface area is 221 Å². The van der Waals surface area contributed by atoms with Gasteiger partial charge in [0.2, 0.25) is 6.29 Å². The molecule has 0 heterocycles. The van der Waals surface area contributed by atoms with Crippen molar-refractivity contribution >= 4 is 6.29 Å². The number of benzene rings is 4. The maximum atomic E-state index is 11.8. The summed E-state index contributed by atoms with van der Waals surface area (Å²) in [6.07, 6.45) is 2.74. The van der Waals surface area contributed by atoms with Crippen LogP contribution >= 0.6 is 0 Å². The summed E-state index contributed by atoms with van der Waals surface area (Å²) < 4.78 is 6.32. The third-order valence-electron chi connectivity index (χ3n) is 6.61. The van der Waals surface area contributed by atoms with Crippen LogP contribution in [0, 0.1) is 0 Å². The van der Waals surface area contributed by atoms with Crippen molar-refractivity contribution in [2.45, 2.75) is 45.7 Å². The van der Waals surface area contributed by atoms with Gasteiger partial charge in [-0.2, -0.15) is 0 Å². The van der Waals surface area contributed by atoms with Crippen LogP contribution < -0.4 is 4.74 Å². The summed E-state index contributed by atoms with van der Waals surface area (Å²) in [7, 11) is 0. The molecule has 0 fully saturated rings. The first-order valence-electron chi connectivity index (χ1n) is 12.9. The van der Waals surface area contributed by atoms with Crippen LogP contribution in [0.25, 0.3) is 0 Å². The Balaban J connectivity index is 1.47. The summed E-state index contributed by atoms with van der Waals surface area (Å²) in [5.41, 5.74) is 6.54. The molecule has 0 aliphatic rings. The highest BCUT2D eigenvalue weighted by Gasteiger charge is 2.15. The summed E-state index contributed by atoms with van der Waals surface area (Å²) in [6.45, 7) is 9.61. The molecule has 0 saturated heterocycles. The lowest BCUT2D eigenvalue weighted by Gasteiger charge is -2.23. The lowest BCUT2D eigenvalue weighted by molar-refractivity contribution is 0.195. The van der Waals surface area contributed by atoms with Gasteiger partial charge in [-0.15, -0.1) is 0 Å². The first-order chi connectivity index (χ1) is 17.9. The van der Waals surface area contributed by atoms with Gasteiger partial charge in [-0.3, -0.25) is 9.69 Å². The van der Waals surface area contributed by atoms with Crippen molar-refractivity contribution in [2.24, 2.45) is 0 Å². The normalized spacial score (nSPS) is 11.5. The molecule has 0 unspecified atom stereocenters. The van der Waals surface area contributed by atoms with E-state index in [-0.39, 0.29) is 5.41 Å². The van der Waals surface area contributed by atoms with E-state index in [2.05, 4.69) is 105 Å². The summed E-state index contributed by atoms with van der Waals surface area (Å²) in [5.74, 6) is 0.750. The van der Waals surface area contributed by atoms with Crippen LogP contribution in [0.15, 0.2) is 103 Å². The fraction of sp³-hybridized carbons (Fsp3) is 0.265. The zero-order valence-electron chi connectivity index (χ0n) is 22.1. The topological polar surface area (TPSA) is 29.5 Å². The second-order valence-electron chi connectivity index (χ2n) is 10.5. The van der Waals surface area contributed by atoms with E-state index in [9.17, 15) is 4.79 Å². The lowest BCUT2D eigenvalue weighted by Crippen LogP contribution is -2.28. The molecule has 4 aromatic carbocycles. The zero-order chi connectivity index (χ0) is 26.1. The van der Waals surface area contributed by atoms with Gasteiger partial charge in [-0.1, -0.05) is 118 Å². The molecule has 0 aliphatic heterocycles. The second-order valence-corrected chi connectivity index (χ2v) is 10.5. The van der Waals surface area contributed by atoms with Crippen LogP contribution in [0.1, 0.15) is 54.2 Å². The molecule has 3 nitrogen and oxygen atoms in total. The number of rotatable bonds is 11. The molecule has 0 aromatic heterocycles. The van der Waals surface area contributed by atoms with Crippen LogP contribution in [-0.4, -0.2) is 24.3 Å². The number of ether oxygens (including phenoxy) is 1. The SMILES string of the molecule is CC(C)(C)c1ccc(Cc2c([C]=O)cccc2OCCN(Cc2ccccc2)Cc2ccccc2)cc1. The molecule has 0 amide bonds. The quantitative estimate of drug-likeness (QED) is 0.224. The van der Waals surface area contributed by atoms with Gasteiger partial charge < -0.3 is 4.74 Å². The number of carbonyl (C=O) groups excluding carboxylic acids is 1. The fourth-order valence-corrected chi connectivity index (χ4v) is 4.49. The molecular weight excluding hydrogens is 454 g/mol. The maximum Gasteiger partial charge on any atom is 0.233 e. The smallest absolute Gasteiger partial charge is 0.233 e. The van der Waals surface area contributed by atoms with Crippen LogP contribution in [0.2, 0.25) is 0 Å². The highest BCUT2D eigenvalue weighted by Crippen LogP contribution is 2.27. The van der Waals surface area contributed by atoms with Crippen molar-refractivity contribution < 1.29 is 9.53 Å². The molecule has 0 atom stereocenters. The van der Waals surface area contributed by atoms with Gasteiger partial charge in [0.1, 0.15) is 12.4 Å². The van der Waals surface area contributed by atoms with Gasteiger partial charge in [0, 0.05) is 37.2 Å². The summed E-state index contributed by atoms with van der Waals surface area (Å²) >= 11 is 0. The van der Waals surface area contributed by atoms with Gasteiger partial charge in [-0.25, -0.2) is 0 Å². The first kappa shape index (κ1) is 26.4. The number of hydrogen-bond donors (Lipinski definition) is 0. The number of hydrogen-bond acceptors (Lipinski definition) is 3. The minimum Gasteiger partial charge on any atom is -0.492 e. The highest BCUT2D eigenvalue weighted by atomic mass is 16.5. The molecular formula is C34H36NO2. The first-order valence-corrected chi connectivity index (χ1v) is 12.9. The molecule has 0 saturated carbocycles. The van der Waals surface area contributed by atoms with Crippen molar-refractivity contribution in [1.29, 1.82) is 0 Å². The Morgan fingerprint density at radius 2 is 1.30 bits per heavy atom. The Hall–Kier alpha value is -3.69. The fourth-order valence-electron chi connectivity index (χ4n) is 4.49. The minimum atomic E-state index is 0.104. The van der Waals surface area contributed by atoms with Crippen molar-refractivity contribution in [3.8, 4) is 5.75 Å². The van der Waals surface area contributed by atoms with E-state index < -0.39 is 0 Å². The molecule has 4 aromatic rings. The van der Waals surface area contributed by atoms with E-state index in [4.69, 9.17) is 4.74 Å². The summed E-state index contributed by atoms with van der Waals surface area (Å²) in [5, 5.41) is 0. The van der Waals surface area contributed by atoms with Crippen molar-refractivity contribution in [3.05, 3.63) is 137 Å². The van der Waals surface area contributed by atoms with Gasteiger partial charge in [0.15, 0.2) is 0 Å². The maximum absolute atomic E-state index is 11.8. The second kappa shape index (κ2) is 12.5. The van der Waals surface area contributed by atoms with Gasteiger partial charge >= 0.3 is 0 Å². The lowest BCUT2D eigenvalue weighted by atomic mass is 9.86. The average molecular weight is 491 g/mol. The van der Waals surface area contributed by atoms with E-state index in [1.54, 1.807) is 0 Å². The van der Waals surface area contributed by atoms with Gasteiger partial charge in [0.05, 0.1) is 0 Å². The zero-order valence-corrected chi connectivity index (χ0v) is 22.1. The largest absolute Gasteiger partial charge is 0.492 e. The third kappa shape index (κ3) is 7.65. The minimum absolute atomic E-state index is 0.104. The van der Waals surface area contributed by atoms with E-state index in [0.717, 1.165) is 36.5 Å². The van der Waals surface area contributed by atoms with Crippen molar-refractivity contribution in [2.75, 3.05) is 13.2 Å². The molecule has 189 valence electrons. The summed E-state index contributed by atoms with van der Waals surface area (Å²) in [4.78, 5) is 14.1. The molecule has 0 bridgehead atoms. The molecule has 3 heteroatoms. The molecule has 0 spiro atoms. The van der Waals surface area contributed by atoms with E-state index in [0.29, 0.717) is 18.6 Å². The molecule has 1 radical (unpaired) electrons. The van der Waals surface area contributed by atoms with Crippen LogP contribution in [0.4, 0.5) is 0 Å². The Bertz CT molecular complexity index is 1220. The Morgan fingerprint density at radius 1 is 0.703 bits per heavy atom. The Kier molecular flexibility index (Phi) is 8.92. The standard InChI is InChI=1S/C34H36NO2/c1-34(2,3)31-19-17-27(18-20-31)23-32-30(26-36)15-10-16-33(32)37-22-21-35(24-28-11-6-4-7-12-28)25-29-13-8-5-9-14-29/h4-20H,21-25H2,1-3H3. The number of nitrogens with zero attached hydrogens (tertiary/aromatic N) is 1. The summed E-state index contributed by atoms with van der Waals surface area (Å²) in [6, 6.07) is 35.3. The molecule has 4 rings (SSSR count). The van der Waals surface area contributed by atoms with Crippen LogP contribution in [0.3, 0.4) is 0 Å². The monoisotopic (exact) mass is 490 g/mol. The van der Waals surface area contributed by atoms with Gasteiger partial charge in [0.25, 0.3) is 0 Å². The average Bonchev–Trinajstić information content (AvgIpc) is 2.90. The molecule has 0 aliphatic carbocycles. The van der Waals surface area contributed by atoms with Crippen molar-refractivity contribution in [1.82, 2.24) is 4.90 Å². The van der Waals surface area contributed by atoms with E-state index in [1.807, 2.05) is 30.3 Å². The highest BCUT2D eigenvalue weighted by molar-refractivity contribution is 5.79. The molecule has 37 heavy (non-hydrogen) atoms. The molecule has 0 N–H and O–H groups in total. The predicted molar refractivity (Wildman–Crippen MR) is 152 cm³/mol. The van der Waals surface area contributed by atoms with Crippen LogP contribution in [0.5, 0.6) is 5.75 Å². The third-order valence-corrected chi connectivity index (χ3v) is 6.61. The van der Waals surface area contributed by atoms with Crippen LogP contribution in [-0.2, 0) is 29.7 Å². The Morgan fingerprint density at radius 3 is 1.84 bits per heavy atom. The predicted octanol–water partition coefficient (Wildman–Crippen LogP) is 7.11. The van der Waals surface area contributed by atoms with E-state index >= 15 is 0 Å². The van der Waals surface area contributed by atoms with E-state index in [1.165, 1.54) is 16.7 Å². The van der Waals surface area contributed by atoms with Gasteiger partial charge in [-0.05, 0) is 33.7 Å².